The van der Waals surface area contributed by atoms with Gasteiger partial charge in [-0.1, -0.05) is 13.8 Å². The van der Waals surface area contributed by atoms with Crippen LogP contribution in [0, 0.1) is 5.41 Å². The number of ether oxygens (including phenoxy) is 1. The lowest BCUT2D eigenvalue weighted by molar-refractivity contribution is -0.163. The maximum Gasteiger partial charge on any atom is 0.348 e. The van der Waals surface area contributed by atoms with Crippen molar-refractivity contribution in [3.8, 4) is 0 Å². The first-order chi connectivity index (χ1) is 10.0. The minimum absolute atomic E-state index is 0.0451. The number of carbonyl (C=O) groups excluding carboxylic acids is 1. The van der Waals surface area contributed by atoms with Crippen LogP contribution in [0.1, 0.15) is 13.8 Å². The standard InChI is InChI=1S/C7H11NO7.C5H12O2/c1-15-5(11)3-8(2-4(9)10)6(12)7(13)14;1-5(2,3-6)4-7/h6,12H,2-3H2,1H3,(H,9,10)(H,13,14);6-7H,3-4H2,1-2H3. The lowest BCUT2D eigenvalue weighted by atomic mass is 9.97. The number of nitrogens with zero attached hydrogens (tertiary/aromatic N) is 1. The summed E-state index contributed by atoms with van der Waals surface area (Å²) in [5.74, 6) is -3.84. The molecule has 0 aromatic carbocycles. The number of rotatable bonds is 8. The molecule has 1 unspecified atom stereocenters. The SMILES string of the molecule is CC(C)(CO)CO.COC(=O)CN(CC(=O)O)C(O)C(=O)O. The predicted octanol–water partition coefficient (Wildman–Crippen LogP) is -2.05. The zero-order valence-corrected chi connectivity index (χ0v) is 12.7. The van der Waals surface area contributed by atoms with Crippen LogP contribution in [0.3, 0.4) is 0 Å². The van der Waals surface area contributed by atoms with E-state index in [0.29, 0.717) is 4.90 Å². The van der Waals surface area contributed by atoms with Gasteiger partial charge in [-0.3, -0.25) is 9.59 Å². The van der Waals surface area contributed by atoms with E-state index < -0.39 is 37.2 Å². The molecule has 0 saturated heterocycles. The van der Waals surface area contributed by atoms with E-state index >= 15 is 0 Å². The molecule has 0 spiro atoms. The van der Waals surface area contributed by atoms with Crippen LogP contribution >= 0.6 is 0 Å². The van der Waals surface area contributed by atoms with Gasteiger partial charge in [-0.15, -0.1) is 0 Å². The molecule has 0 rings (SSSR count). The van der Waals surface area contributed by atoms with Crippen molar-refractivity contribution < 1.29 is 44.7 Å². The number of methoxy groups -OCH3 is 1. The Morgan fingerprint density at radius 2 is 1.55 bits per heavy atom. The fraction of sp³-hybridized carbons (Fsp3) is 0.750. The molecule has 0 aliphatic carbocycles. The Balaban J connectivity index is 0. The van der Waals surface area contributed by atoms with Gasteiger partial charge in [0.25, 0.3) is 0 Å². The highest BCUT2D eigenvalue weighted by Gasteiger charge is 2.26. The van der Waals surface area contributed by atoms with Crippen LogP contribution in [0.5, 0.6) is 0 Å². The summed E-state index contributed by atoms with van der Waals surface area (Å²) in [5.41, 5.74) is -0.306. The molecule has 0 radical (unpaired) electrons. The number of carbonyl (C=O) groups is 3. The first-order valence-electron chi connectivity index (χ1n) is 6.16. The highest BCUT2D eigenvalue weighted by molar-refractivity contribution is 5.77. The van der Waals surface area contributed by atoms with Crippen molar-refractivity contribution in [1.82, 2.24) is 4.90 Å². The minimum atomic E-state index is -2.06. The van der Waals surface area contributed by atoms with Crippen molar-refractivity contribution in [2.75, 3.05) is 33.4 Å². The average Bonchev–Trinajstić information content (AvgIpc) is 2.45. The maximum atomic E-state index is 10.8. The Morgan fingerprint density at radius 1 is 1.09 bits per heavy atom. The van der Waals surface area contributed by atoms with Crippen LogP contribution < -0.4 is 0 Å². The molecule has 130 valence electrons. The monoisotopic (exact) mass is 325 g/mol. The molecule has 0 aliphatic rings. The van der Waals surface area contributed by atoms with Crippen molar-refractivity contribution in [2.24, 2.45) is 5.41 Å². The van der Waals surface area contributed by atoms with Gasteiger partial charge >= 0.3 is 17.9 Å². The number of hydrogen-bond acceptors (Lipinski definition) is 8. The Kier molecular flexibility index (Phi) is 11.2. The molecule has 1 atom stereocenters. The van der Waals surface area contributed by atoms with Gasteiger partial charge in [-0.2, -0.15) is 0 Å². The fourth-order valence-corrected chi connectivity index (χ4v) is 0.839. The first kappa shape index (κ1) is 22.5. The van der Waals surface area contributed by atoms with Crippen molar-refractivity contribution in [1.29, 1.82) is 0 Å². The zero-order valence-electron chi connectivity index (χ0n) is 12.7. The van der Waals surface area contributed by atoms with Crippen LogP contribution in [-0.4, -0.2) is 88.0 Å². The molecule has 5 N–H and O–H groups in total. The highest BCUT2D eigenvalue weighted by Crippen LogP contribution is 2.10. The second kappa shape index (κ2) is 10.9. The third kappa shape index (κ3) is 11.0. The smallest absolute Gasteiger partial charge is 0.348 e. The molecule has 0 heterocycles. The molecule has 0 saturated carbocycles. The molecular formula is C12H23NO9. The Labute approximate surface area is 127 Å². The predicted molar refractivity (Wildman–Crippen MR) is 72.8 cm³/mol. The van der Waals surface area contributed by atoms with Gasteiger partial charge in [-0.25, -0.2) is 9.69 Å². The van der Waals surface area contributed by atoms with Crippen LogP contribution in [0.15, 0.2) is 0 Å². The van der Waals surface area contributed by atoms with E-state index in [-0.39, 0.29) is 18.6 Å². The van der Waals surface area contributed by atoms with Gasteiger partial charge in [0.1, 0.15) is 0 Å². The molecule has 10 nitrogen and oxygen atoms in total. The van der Waals surface area contributed by atoms with Crippen molar-refractivity contribution in [3.05, 3.63) is 0 Å². The highest BCUT2D eigenvalue weighted by atomic mass is 16.5. The summed E-state index contributed by atoms with van der Waals surface area (Å²) >= 11 is 0. The summed E-state index contributed by atoms with van der Waals surface area (Å²) in [5, 5.41) is 42.7. The van der Waals surface area contributed by atoms with Gasteiger partial charge < -0.3 is 30.3 Å². The average molecular weight is 325 g/mol. The Hall–Kier alpha value is -1.75. The third-order valence-electron chi connectivity index (χ3n) is 2.32. The first-order valence-corrected chi connectivity index (χ1v) is 6.16. The third-order valence-corrected chi connectivity index (χ3v) is 2.32. The summed E-state index contributed by atoms with van der Waals surface area (Å²) in [6.07, 6.45) is -2.06. The number of esters is 1. The van der Waals surface area contributed by atoms with Crippen LogP contribution in [0.4, 0.5) is 0 Å². The second-order valence-electron chi connectivity index (χ2n) is 5.07. The molecule has 0 aromatic rings. The zero-order chi connectivity index (χ0) is 17.9. The number of carboxylic acid groups (broad SMARTS) is 2. The van der Waals surface area contributed by atoms with E-state index in [1.54, 1.807) is 13.8 Å². The summed E-state index contributed by atoms with van der Waals surface area (Å²) in [6.45, 7) is 2.30. The Bertz CT molecular complexity index is 364. The summed E-state index contributed by atoms with van der Waals surface area (Å²) < 4.78 is 4.21. The molecule has 0 amide bonds. The van der Waals surface area contributed by atoms with E-state index in [2.05, 4.69) is 4.74 Å². The molecular weight excluding hydrogens is 302 g/mol. The number of aliphatic hydroxyl groups is 3. The fourth-order valence-electron chi connectivity index (χ4n) is 0.839. The maximum absolute atomic E-state index is 10.8. The number of hydrogen-bond donors (Lipinski definition) is 5. The van der Waals surface area contributed by atoms with E-state index in [1.807, 2.05) is 0 Å². The van der Waals surface area contributed by atoms with E-state index in [1.165, 1.54) is 0 Å². The van der Waals surface area contributed by atoms with Crippen LogP contribution in [-0.2, 0) is 19.1 Å². The van der Waals surface area contributed by atoms with Gasteiger partial charge in [0.15, 0.2) is 0 Å². The normalized spacial score (nSPS) is 12.1. The molecule has 0 fully saturated rings. The molecule has 0 bridgehead atoms. The number of aliphatic hydroxyl groups excluding tert-OH is 3. The van der Waals surface area contributed by atoms with Gasteiger partial charge in [0.2, 0.25) is 6.23 Å². The summed E-state index contributed by atoms with van der Waals surface area (Å²) in [7, 11) is 1.06. The van der Waals surface area contributed by atoms with Gasteiger partial charge in [0, 0.05) is 5.41 Å². The number of aliphatic carboxylic acids is 2. The van der Waals surface area contributed by atoms with E-state index in [0.717, 1.165) is 7.11 Å². The van der Waals surface area contributed by atoms with E-state index in [9.17, 15) is 14.4 Å². The topological polar surface area (TPSA) is 165 Å². The largest absolute Gasteiger partial charge is 0.480 e. The van der Waals surface area contributed by atoms with E-state index in [4.69, 9.17) is 25.5 Å². The van der Waals surface area contributed by atoms with Crippen LogP contribution in [0.2, 0.25) is 0 Å². The van der Waals surface area contributed by atoms with Crippen molar-refractivity contribution in [2.45, 2.75) is 20.1 Å². The molecule has 22 heavy (non-hydrogen) atoms. The van der Waals surface area contributed by atoms with Crippen molar-refractivity contribution in [3.63, 3.8) is 0 Å². The summed E-state index contributed by atoms with van der Waals surface area (Å²) in [6, 6.07) is 0. The second-order valence-corrected chi connectivity index (χ2v) is 5.07. The lowest BCUT2D eigenvalue weighted by Gasteiger charge is -2.21. The quantitative estimate of drug-likeness (QED) is 0.247. The molecule has 10 heteroatoms. The minimum Gasteiger partial charge on any atom is -0.480 e. The van der Waals surface area contributed by atoms with Crippen molar-refractivity contribution >= 4 is 17.9 Å². The summed E-state index contributed by atoms with van der Waals surface area (Å²) in [4.78, 5) is 32.0. The number of carboxylic acids is 2. The lowest BCUT2D eigenvalue weighted by Crippen LogP contribution is -2.46. The van der Waals surface area contributed by atoms with Gasteiger partial charge in [0.05, 0.1) is 33.4 Å². The van der Waals surface area contributed by atoms with Crippen LogP contribution in [0.25, 0.3) is 0 Å². The Morgan fingerprint density at radius 3 is 1.77 bits per heavy atom. The molecule has 0 aromatic heterocycles. The van der Waals surface area contributed by atoms with Gasteiger partial charge in [-0.05, 0) is 0 Å². The molecule has 0 aliphatic heterocycles.